The van der Waals surface area contributed by atoms with E-state index in [0.29, 0.717) is 49.1 Å². The SMILES string of the molecule is CCC[C@@H](CS(=O)(=O)CCCCCN1CC(=O)NC1=O)c1ccc(Cl)c(OCC2CC2)c1. The molecule has 3 rings (SSSR count). The molecule has 9 heteroatoms. The molecule has 178 valence electrons. The van der Waals surface area contributed by atoms with E-state index in [1.165, 1.54) is 17.7 Å². The summed E-state index contributed by atoms with van der Waals surface area (Å²) < 4.78 is 31.5. The first kappa shape index (κ1) is 24.8. The van der Waals surface area contributed by atoms with Crippen LogP contribution >= 0.6 is 11.6 Å². The van der Waals surface area contributed by atoms with Crippen LogP contribution in [0.4, 0.5) is 4.79 Å². The number of imide groups is 1. The second-order valence-corrected chi connectivity index (χ2v) is 11.5. The van der Waals surface area contributed by atoms with Crippen LogP contribution in [0.15, 0.2) is 18.2 Å². The third-order valence-corrected chi connectivity index (χ3v) is 8.07. The predicted molar refractivity (Wildman–Crippen MR) is 125 cm³/mol. The summed E-state index contributed by atoms with van der Waals surface area (Å²) in [5, 5.41) is 2.80. The number of halogens is 1. The summed E-state index contributed by atoms with van der Waals surface area (Å²) in [6.07, 6.45) is 5.96. The molecule has 1 atom stereocenters. The van der Waals surface area contributed by atoms with E-state index >= 15 is 0 Å². The number of rotatable bonds is 14. The number of urea groups is 1. The van der Waals surface area contributed by atoms with Crippen molar-refractivity contribution in [2.24, 2.45) is 5.92 Å². The Hall–Kier alpha value is -1.80. The van der Waals surface area contributed by atoms with Crippen LogP contribution in [-0.2, 0) is 14.6 Å². The summed E-state index contributed by atoms with van der Waals surface area (Å²) in [5.41, 5.74) is 0.954. The lowest BCUT2D eigenvalue weighted by molar-refractivity contribution is -0.118. The van der Waals surface area contributed by atoms with Gasteiger partial charge in [-0.25, -0.2) is 13.2 Å². The number of hydrogen-bond acceptors (Lipinski definition) is 5. The zero-order valence-electron chi connectivity index (χ0n) is 18.6. The highest BCUT2D eigenvalue weighted by atomic mass is 35.5. The van der Waals surface area contributed by atoms with Crippen LogP contribution in [0.5, 0.6) is 5.75 Å². The van der Waals surface area contributed by atoms with Gasteiger partial charge in [-0.05, 0) is 61.6 Å². The van der Waals surface area contributed by atoms with Gasteiger partial charge in [-0.3, -0.25) is 10.1 Å². The number of hydrogen-bond donors (Lipinski definition) is 1. The van der Waals surface area contributed by atoms with Gasteiger partial charge in [0.05, 0.1) is 23.1 Å². The Balaban J connectivity index is 1.49. The molecule has 0 radical (unpaired) electrons. The van der Waals surface area contributed by atoms with Crippen LogP contribution in [0.2, 0.25) is 5.02 Å². The number of nitrogens with one attached hydrogen (secondary N) is 1. The van der Waals surface area contributed by atoms with Crippen LogP contribution in [0.3, 0.4) is 0 Å². The number of carbonyl (C=O) groups excluding carboxylic acids is 2. The highest BCUT2D eigenvalue weighted by Crippen LogP contribution is 2.34. The number of sulfone groups is 1. The topological polar surface area (TPSA) is 92.8 Å². The van der Waals surface area contributed by atoms with E-state index in [1.807, 2.05) is 12.1 Å². The Morgan fingerprint density at radius 3 is 2.66 bits per heavy atom. The Labute approximate surface area is 195 Å². The van der Waals surface area contributed by atoms with Crippen molar-refractivity contribution in [3.63, 3.8) is 0 Å². The number of benzene rings is 1. The lowest BCUT2D eigenvalue weighted by Crippen LogP contribution is -2.29. The van der Waals surface area contributed by atoms with Gasteiger partial charge in [-0.2, -0.15) is 0 Å². The molecular formula is C23H33ClN2O5S. The summed E-state index contributed by atoms with van der Waals surface area (Å²) in [5.74, 6) is 1.10. The van der Waals surface area contributed by atoms with Gasteiger partial charge in [0.15, 0.2) is 9.84 Å². The fraction of sp³-hybridized carbons (Fsp3) is 0.652. The van der Waals surface area contributed by atoms with Crippen molar-refractivity contribution in [2.45, 2.75) is 57.8 Å². The zero-order valence-corrected chi connectivity index (χ0v) is 20.2. The highest BCUT2D eigenvalue weighted by molar-refractivity contribution is 7.91. The molecule has 1 aromatic rings. The monoisotopic (exact) mass is 484 g/mol. The standard InChI is InChI=1S/C23H33ClN2O5S/c1-2-6-19(18-9-10-20(24)21(13-18)31-15-17-7-8-17)16-32(29,30)12-5-3-4-11-26-14-22(27)25-23(26)28/h9-10,13,17,19H,2-8,11-12,14-16H2,1H3,(H,25,27,28)/t19-/m0/s1. The number of amides is 3. The number of carbonyl (C=O) groups is 2. The molecule has 7 nitrogen and oxygen atoms in total. The number of ether oxygens (including phenoxy) is 1. The molecule has 1 saturated carbocycles. The van der Waals surface area contributed by atoms with Crippen LogP contribution < -0.4 is 10.1 Å². The third-order valence-electron chi connectivity index (χ3n) is 5.94. The lowest BCUT2D eigenvalue weighted by atomic mass is 9.96. The van der Waals surface area contributed by atoms with Gasteiger partial charge >= 0.3 is 6.03 Å². The molecule has 1 aliphatic heterocycles. The van der Waals surface area contributed by atoms with Crippen molar-refractivity contribution in [1.29, 1.82) is 0 Å². The molecule has 2 aliphatic rings. The quantitative estimate of drug-likeness (QED) is 0.316. The van der Waals surface area contributed by atoms with Crippen LogP contribution in [0, 0.1) is 5.92 Å². The van der Waals surface area contributed by atoms with Crippen molar-refractivity contribution in [1.82, 2.24) is 10.2 Å². The summed E-state index contributed by atoms with van der Waals surface area (Å²) in [7, 11) is -3.23. The van der Waals surface area contributed by atoms with Gasteiger partial charge in [0.25, 0.3) is 0 Å². The molecule has 32 heavy (non-hydrogen) atoms. The molecule has 1 aromatic carbocycles. The van der Waals surface area contributed by atoms with Crippen molar-refractivity contribution >= 4 is 33.4 Å². The van der Waals surface area contributed by atoms with Gasteiger partial charge in [-0.15, -0.1) is 0 Å². The Kier molecular flexibility index (Phi) is 8.82. The molecule has 1 heterocycles. The second-order valence-electron chi connectivity index (χ2n) is 8.88. The maximum Gasteiger partial charge on any atom is 0.324 e. The van der Waals surface area contributed by atoms with E-state index in [0.717, 1.165) is 18.4 Å². The minimum atomic E-state index is -3.23. The zero-order chi connectivity index (χ0) is 23.1. The van der Waals surface area contributed by atoms with Gasteiger partial charge in [-0.1, -0.05) is 37.4 Å². The van der Waals surface area contributed by atoms with Crippen molar-refractivity contribution in [3.05, 3.63) is 28.8 Å². The van der Waals surface area contributed by atoms with Crippen LogP contribution in [0.25, 0.3) is 0 Å². The maximum absolute atomic E-state index is 12.8. The third kappa shape index (κ3) is 7.66. The molecule has 3 amide bonds. The summed E-state index contributed by atoms with van der Waals surface area (Å²) >= 11 is 6.29. The van der Waals surface area contributed by atoms with E-state index in [2.05, 4.69) is 12.2 Å². The van der Waals surface area contributed by atoms with Crippen molar-refractivity contribution < 1.29 is 22.7 Å². The smallest absolute Gasteiger partial charge is 0.324 e. The highest BCUT2D eigenvalue weighted by Gasteiger charge is 2.26. The average molecular weight is 485 g/mol. The normalized spacial score (nSPS) is 17.5. The molecule has 1 N–H and O–H groups in total. The van der Waals surface area contributed by atoms with E-state index in [-0.39, 0.29) is 35.9 Å². The van der Waals surface area contributed by atoms with Gasteiger partial charge < -0.3 is 9.64 Å². The van der Waals surface area contributed by atoms with E-state index in [9.17, 15) is 18.0 Å². The summed E-state index contributed by atoms with van der Waals surface area (Å²) in [6, 6.07) is 5.25. The van der Waals surface area contributed by atoms with Crippen LogP contribution in [-0.4, -0.2) is 56.5 Å². The summed E-state index contributed by atoms with van der Waals surface area (Å²) in [4.78, 5) is 24.2. The van der Waals surface area contributed by atoms with Crippen molar-refractivity contribution in [2.75, 3.05) is 31.2 Å². The Morgan fingerprint density at radius 2 is 2.00 bits per heavy atom. The molecule has 0 spiro atoms. The number of nitrogens with zero attached hydrogens (tertiary/aromatic N) is 1. The molecule has 1 aliphatic carbocycles. The minimum Gasteiger partial charge on any atom is -0.492 e. The predicted octanol–water partition coefficient (Wildman–Crippen LogP) is 4.15. The van der Waals surface area contributed by atoms with Crippen LogP contribution in [0.1, 0.15) is 63.4 Å². The first-order chi connectivity index (χ1) is 15.3. The molecule has 2 fully saturated rings. The van der Waals surface area contributed by atoms with E-state index in [4.69, 9.17) is 16.3 Å². The van der Waals surface area contributed by atoms with Gasteiger partial charge in [0.1, 0.15) is 12.3 Å². The lowest BCUT2D eigenvalue weighted by Gasteiger charge is -2.19. The minimum absolute atomic E-state index is 0.0866. The summed E-state index contributed by atoms with van der Waals surface area (Å²) in [6.45, 7) is 3.26. The fourth-order valence-corrected chi connectivity index (χ4v) is 5.88. The number of unbranched alkanes of at least 4 members (excludes halogenated alkanes) is 2. The fourth-order valence-electron chi connectivity index (χ4n) is 3.93. The first-order valence-electron chi connectivity index (χ1n) is 11.5. The van der Waals surface area contributed by atoms with E-state index < -0.39 is 9.84 Å². The van der Waals surface area contributed by atoms with Gasteiger partial charge in [0, 0.05) is 6.54 Å². The molecular weight excluding hydrogens is 452 g/mol. The first-order valence-corrected chi connectivity index (χ1v) is 13.7. The molecule has 1 saturated heterocycles. The second kappa shape index (κ2) is 11.4. The van der Waals surface area contributed by atoms with Gasteiger partial charge in [0.2, 0.25) is 5.91 Å². The molecule has 0 bridgehead atoms. The van der Waals surface area contributed by atoms with Crippen molar-refractivity contribution in [3.8, 4) is 5.75 Å². The molecule has 0 aromatic heterocycles. The Morgan fingerprint density at radius 1 is 1.22 bits per heavy atom. The largest absolute Gasteiger partial charge is 0.492 e. The average Bonchev–Trinajstić information content (AvgIpc) is 3.50. The van der Waals surface area contributed by atoms with E-state index in [1.54, 1.807) is 6.07 Å². The maximum atomic E-state index is 12.8. The molecule has 0 unspecified atom stereocenters. The Bertz CT molecular complexity index is 917.